The Morgan fingerprint density at radius 2 is 2.06 bits per heavy atom. The number of hydrogen-bond acceptors (Lipinski definition) is 4. The van der Waals surface area contributed by atoms with E-state index in [9.17, 15) is 4.79 Å². The maximum atomic E-state index is 13.2. The highest BCUT2D eigenvalue weighted by Gasteiger charge is 2.30. The highest BCUT2D eigenvalue weighted by Crippen LogP contribution is 2.39. The van der Waals surface area contributed by atoms with Crippen LogP contribution in [0.1, 0.15) is 36.9 Å². The van der Waals surface area contributed by atoms with E-state index in [0.29, 0.717) is 6.54 Å². The zero-order chi connectivity index (χ0) is 22.1. The molecule has 0 saturated carbocycles. The van der Waals surface area contributed by atoms with E-state index in [1.807, 2.05) is 24.2 Å². The van der Waals surface area contributed by atoms with Crippen LogP contribution in [0.25, 0.3) is 22.0 Å². The van der Waals surface area contributed by atoms with Crippen LogP contribution in [-0.2, 0) is 11.3 Å². The number of nitrogens with one attached hydrogen (secondary N) is 1. The van der Waals surface area contributed by atoms with E-state index in [0.717, 1.165) is 37.0 Å². The summed E-state index contributed by atoms with van der Waals surface area (Å²) in [6, 6.07) is 10.7. The lowest BCUT2D eigenvalue weighted by molar-refractivity contribution is -0.136. The Bertz CT molecular complexity index is 1210. The van der Waals surface area contributed by atoms with Crippen molar-refractivity contribution in [3.63, 3.8) is 0 Å². The summed E-state index contributed by atoms with van der Waals surface area (Å²) in [5.41, 5.74) is 6.00. The summed E-state index contributed by atoms with van der Waals surface area (Å²) in [5.74, 6) is 0.310. The predicted molar refractivity (Wildman–Crippen MR) is 124 cm³/mol. The zero-order valence-electron chi connectivity index (χ0n) is 18.5. The Balaban J connectivity index is 1.45. The first-order valence-corrected chi connectivity index (χ1v) is 11.2. The number of aryl methyl sites for hydroxylation is 1. The molecule has 1 fully saturated rings. The van der Waals surface area contributed by atoms with Gasteiger partial charge in [-0.2, -0.15) is 5.10 Å². The van der Waals surface area contributed by atoms with Crippen LogP contribution in [0.15, 0.2) is 55.4 Å². The molecule has 1 aliphatic heterocycles. The van der Waals surface area contributed by atoms with E-state index in [-0.39, 0.29) is 17.7 Å². The van der Waals surface area contributed by atoms with Crippen LogP contribution >= 0.6 is 0 Å². The molecule has 0 aliphatic carbocycles. The van der Waals surface area contributed by atoms with Crippen molar-refractivity contribution >= 4 is 16.8 Å². The first-order valence-electron chi connectivity index (χ1n) is 11.2. The normalized spacial score (nSPS) is 17.6. The van der Waals surface area contributed by atoms with Crippen molar-refractivity contribution in [2.24, 2.45) is 5.92 Å². The van der Waals surface area contributed by atoms with Crippen molar-refractivity contribution < 1.29 is 4.79 Å². The van der Waals surface area contributed by atoms with E-state index in [1.165, 1.54) is 28.5 Å². The molecule has 0 radical (unpaired) electrons. The van der Waals surface area contributed by atoms with E-state index < -0.39 is 0 Å². The van der Waals surface area contributed by atoms with Crippen molar-refractivity contribution in [1.29, 1.82) is 0 Å². The fraction of sp³-hybridized carbons (Fsp3) is 0.360. The third-order valence-electron chi connectivity index (χ3n) is 6.44. The van der Waals surface area contributed by atoms with Gasteiger partial charge in [0.15, 0.2) is 0 Å². The van der Waals surface area contributed by atoms with Gasteiger partial charge in [-0.1, -0.05) is 18.6 Å². The topological polar surface area (TPSA) is 79.7 Å². The minimum Gasteiger partial charge on any atom is -0.358 e. The van der Waals surface area contributed by atoms with Crippen LogP contribution in [0.3, 0.4) is 0 Å². The number of carbonyl (C=O) groups excluding carboxylic acids is 1. The quantitative estimate of drug-likeness (QED) is 0.517. The lowest BCUT2D eigenvalue weighted by Crippen LogP contribution is -2.42. The molecule has 1 aliphatic rings. The molecule has 1 saturated heterocycles. The zero-order valence-corrected chi connectivity index (χ0v) is 18.5. The van der Waals surface area contributed by atoms with E-state index >= 15 is 0 Å². The smallest absolute Gasteiger partial charge is 0.227 e. The van der Waals surface area contributed by atoms with E-state index in [4.69, 9.17) is 0 Å². The third kappa shape index (κ3) is 3.90. The van der Waals surface area contributed by atoms with E-state index in [1.54, 1.807) is 11.0 Å². The van der Waals surface area contributed by atoms with Gasteiger partial charge >= 0.3 is 0 Å². The number of rotatable bonds is 5. The van der Waals surface area contributed by atoms with Crippen LogP contribution < -0.4 is 0 Å². The van der Waals surface area contributed by atoms with Gasteiger partial charge in [-0.3, -0.25) is 14.5 Å². The second-order valence-corrected chi connectivity index (χ2v) is 8.84. The average Bonchev–Trinajstić information content (AvgIpc) is 3.46. The predicted octanol–water partition coefficient (Wildman–Crippen LogP) is 4.17. The molecule has 32 heavy (non-hydrogen) atoms. The Labute approximate surface area is 187 Å². The maximum Gasteiger partial charge on any atom is 0.227 e. The van der Waals surface area contributed by atoms with Crippen LogP contribution in [-0.4, -0.2) is 48.6 Å². The molecular weight excluding hydrogens is 400 g/mol. The Kier molecular flexibility index (Phi) is 5.47. The number of nitrogens with zero attached hydrogens (tertiary/aromatic N) is 5. The lowest BCUT2D eigenvalue weighted by atomic mass is 9.89. The number of hydrogen-bond donors (Lipinski definition) is 1. The number of pyridine rings is 1. The van der Waals surface area contributed by atoms with Gasteiger partial charge in [-0.25, -0.2) is 4.98 Å². The van der Waals surface area contributed by atoms with Crippen LogP contribution in [0.2, 0.25) is 0 Å². The molecule has 0 unspecified atom stereocenters. The second-order valence-electron chi connectivity index (χ2n) is 8.84. The molecule has 4 heterocycles. The fourth-order valence-corrected chi connectivity index (χ4v) is 4.87. The summed E-state index contributed by atoms with van der Waals surface area (Å²) in [7, 11) is 0. The first-order chi connectivity index (χ1) is 15.6. The van der Waals surface area contributed by atoms with Gasteiger partial charge in [-0.05, 0) is 49.6 Å². The monoisotopic (exact) mass is 428 g/mol. The molecule has 3 aromatic heterocycles. The number of piperidine rings is 1. The fourth-order valence-electron chi connectivity index (χ4n) is 4.87. The molecule has 7 nitrogen and oxygen atoms in total. The van der Waals surface area contributed by atoms with Crippen LogP contribution in [0.5, 0.6) is 0 Å². The van der Waals surface area contributed by atoms with Crippen molar-refractivity contribution in [3.8, 4) is 11.1 Å². The van der Waals surface area contributed by atoms with E-state index in [2.05, 4.69) is 57.3 Å². The summed E-state index contributed by atoms with van der Waals surface area (Å²) >= 11 is 0. The largest absolute Gasteiger partial charge is 0.358 e. The molecule has 164 valence electrons. The van der Waals surface area contributed by atoms with Crippen molar-refractivity contribution in [2.75, 3.05) is 13.1 Å². The molecule has 5 rings (SSSR count). The molecule has 0 bridgehead atoms. The minimum atomic E-state index is -0.138. The number of fused-ring (bicyclic) bond motifs is 1. The first kappa shape index (κ1) is 20.4. The minimum absolute atomic E-state index is 0.138. The maximum absolute atomic E-state index is 13.2. The molecule has 7 heteroatoms. The Hall–Kier alpha value is -3.48. The van der Waals surface area contributed by atoms with Gasteiger partial charge in [0.05, 0.1) is 12.5 Å². The van der Waals surface area contributed by atoms with Crippen LogP contribution in [0.4, 0.5) is 0 Å². The SMILES string of the molecule is Cc1ccc2[nH]c([C@H]3CCCN(C(=O)[C@@H](C)Cn4cncn4)C3)c(-c3ccncc3)c2c1. The number of carbonyl (C=O) groups is 1. The van der Waals surface area contributed by atoms with Crippen molar-refractivity contribution in [3.05, 3.63) is 66.6 Å². The molecular formula is C25H28N6O. The number of aromatic amines is 1. The van der Waals surface area contributed by atoms with Crippen LogP contribution in [0, 0.1) is 12.8 Å². The number of likely N-dealkylation sites (tertiary alicyclic amines) is 1. The van der Waals surface area contributed by atoms with Crippen molar-refractivity contribution in [2.45, 2.75) is 39.2 Å². The average molecular weight is 429 g/mol. The van der Waals surface area contributed by atoms with Gasteiger partial charge in [0.25, 0.3) is 0 Å². The standard InChI is InChI=1S/C25H28N6O/c1-17-5-6-22-21(12-17)23(19-7-9-26-10-8-19)24(29-22)20-4-3-11-30(14-20)25(32)18(2)13-31-16-27-15-28-31/h5-10,12,15-16,18,20,29H,3-4,11,13-14H2,1-2H3/t18-,20-/m0/s1. The summed E-state index contributed by atoms with van der Waals surface area (Å²) < 4.78 is 1.73. The number of aromatic nitrogens is 5. The second kappa shape index (κ2) is 8.57. The summed E-state index contributed by atoms with van der Waals surface area (Å²) in [6.07, 6.45) is 8.91. The third-order valence-corrected chi connectivity index (χ3v) is 6.44. The van der Waals surface area contributed by atoms with Crippen molar-refractivity contribution in [1.82, 2.24) is 29.6 Å². The Morgan fingerprint density at radius 3 is 2.84 bits per heavy atom. The summed E-state index contributed by atoms with van der Waals surface area (Å²) in [4.78, 5) is 27.1. The summed E-state index contributed by atoms with van der Waals surface area (Å²) in [6.45, 7) is 6.18. The van der Waals surface area contributed by atoms with Gasteiger partial charge in [0, 0.05) is 53.6 Å². The van der Waals surface area contributed by atoms with Gasteiger partial charge in [-0.15, -0.1) is 0 Å². The lowest BCUT2D eigenvalue weighted by Gasteiger charge is -2.34. The molecule has 1 N–H and O–H groups in total. The van der Waals surface area contributed by atoms with Gasteiger partial charge < -0.3 is 9.88 Å². The molecule has 1 amide bonds. The molecule has 0 spiro atoms. The number of amides is 1. The molecule has 4 aromatic rings. The van der Waals surface area contributed by atoms with Gasteiger partial charge in [0.2, 0.25) is 5.91 Å². The Morgan fingerprint density at radius 1 is 1.22 bits per heavy atom. The number of benzene rings is 1. The molecule has 1 aromatic carbocycles. The van der Waals surface area contributed by atoms with Gasteiger partial charge in [0.1, 0.15) is 12.7 Å². The number of H-pyrrole nitrogens is 1. The highest BCUT2D eigenvalue weighted by molar-refractivity contribution is 5.98. The summed E-state index contributed by atoms with van der Waals surface area (Å²) in [5, 5.41) is 5.38. The highest BCUT2D eigenvalue weighted by atomic mass is 16.2. The molecule has 2 atom stereocenters.